The quantitative estimate of drug-likeness (QED) is 0.873. The Bertz CT molecular complexity index is 469. The number of hydrogen-bond acceptors (Lipinski definition) is 3. The number of amides is 1. The SMILES string of the molecule is CC(Oc1ccccc1C(F)(F)F)C(=O)N[C@@H](C)CN.Cl. The highest BCUT2D eigenvalue weighted by Gasteiger charge is 2.34. The summed E-state index contributed by atoms with van der Waals surface area (Å²) < 4.78 is 43.4. The fourth-order valence-corrected chi connectivity index (χ4v) is 1.47. The van der Waals surface area contributed by atoms with Crippen molar-refractivity contribution in [2.75, 3.05) is 6.54 Å². The molecule has 0 fully saturated rings. The molecule has 0 aliphatic carbocycles. The summed E-state index contributed by atoms with van der Waals surface area (Å²) in [6, 6.07) is 4.49. The number of hydrogen-bond donors (Lipinski definition) is 2. The molecule has 0 spiro atoms. The molecule has 2 atom stereocenters. The smallest absolute Gasteiger partial charge is 0.419 e. The predicted molar refractivity (Wildman–Crippen MR) is 75.4 cm³/mol. The molecule has 1 unspecified atom stereocenters. The Labute approximate surface area is 127 Å². The van der Waals surface area contributed by atoms with Gasteiger partial charge < -0.3 is 15.8 Å². The molecule has 0 bridgehead atoms. The fourth-order valence-electron chi connectivity index (χ4n) is 1.47. The molecule has 21 heavy (non-hydrogen) atoms. The van der Waals surface area contributed by atoms with Crippen molar-refractivity contribution in [3.63, 3.8) is 0 Å². The molecular weight excluding hydrogens is 309 g/mol. The maximum Gasteiger partial charge on any atom is 0.419 e. The van der Waals surface area contributed by atoms with E-state index < -0.39 is 23.8 Å². The topological polar surface area (TPSA) is 64.3 Å². The number of carbonyl (C=O) groups excluding carboxylic acids is 1. The summed E-state index contributed by atoms with van der Waals surface area (Å²) in [4.78, 5) is 11.7. The van der Waals surface area contributed by atoms with Crippen LogP contribution in [0.1, 0.15) is 19.4 Å². The van der Waals surface area contributed by atoms with Gasteiger partial charge in [0.25, 0.3) is 5.91 Å². The molecule has 1 rings (SSSR count). The van der Waals surface area contributed by atoms with Gasteiger partial charge in [0.05, 0.1) is 5.56 Å². The summed E-state index contributed by atoms with van der Waals surface area (Å²) in [6.45, 7) is 3.30. The third kappa shape index (κ3) is 5.81. The van der Waals surface area contributed by atoms with Gasteiger partial charge >= 0.3 is 6.18 Å². The Kier molecular flexibility index (Phi) is 7.52. The maximum absolute atomic E-state index is 12.8. The van der Waals surface area contributed by atoms with Crippen molar-refractivity contribution in [3.8, 4) is 5.75 Å². The van der Waals surface area contributed by atoms with Crippen LogP contribution in [0.2, 0.25) is 0 Å². The van der Waals surface area contributed by atoms with Gasteiger partial charge in [0.1, 0.15) is 5.75 Å². The summed E-state index contributed by atoms with van der Waals surface area (Å²) in [5, 5.41) is 2.54. The standard InChI is InChI=1S/C13H17F3N2O2.ClH/c1-8(7-17)18-12(19)9(2)20-11-6-4-3-5-10(11)13(14,15)16;/h3-6,8-9H,7,17H2,1-2H3,(H,18,19);1H/t8-,9?;/m0./s1. The molecule has 0 radical (unpaired) electrons. The van der Waals surface area contributed by atoms with Crippen LogP contribution in [0.5, 0.6) is 5.75 Å². The Morgan fingerprint density at radius 3 is 2.43 bits per heavy atom. The van der Waals surface area contributed by atoms with Crippen LogP contribution in [0.3, 0.4) is 0 Å². The molecule has 0 aliphatic rings. The van der Waals surface area contributed by atoms with Crippen LogP contribution in [0.4, 0.5) is 13.2 Å². The van der Waals surface area contributed by atoms with Crippen LogP contribution < -0.4 is 15.8 Å². The fraction of sp³-hybridized carbons (Fsp3) is 0.462. The zero-order valence-electron chi connectivity index (χ0n) is 11.6. The van der Waals surface area contributed by atoms with Crippen LogP contribution in [-0.4, -0.2) is 24.6 Å². The van der Waals surface area contributed by atoms with E-state index in [1.807, 2.05) is 0 Å². The lowest BCUT2D eigenvalue weighted by atomic mass is 10.2. The van der Waals surface area contributed by atoms with E-state index in [1.54, 1.807) is 6.92 Å². The maximum atomic E-state index is 12.8. The largest absolute Gasteiger partial charge is 0.480 e. The first-order valence-electron chi connectivity index (χ1n) is 6.09. The minimum atomic E-state index is -4.53. The molecule has 1 amide bonds. The van der Waals surface area contributed by atoms with E-state index in [4.69, 9.17) is 10.5 Å². The second kappa shape index (κ2) is 8.09. The molecule has 0 aliphatic heterocycles. The molecule has 3 N–H and O–H groups in total. The van der Waals surface area contributed by atoms with Crippen LogP contribution in [0, 0.1) is 0 Å². The number of rotatable bonds is 5. The van der Waals surface area contributed by atoms with Crippen LogP contribution in [0.15, 0.2) is 24.3 Å². The molecule has 0 aromatic heterocycles. The molecular formula is C13H18ClF3N2O2. The predicted octanol–water partition coefficient (Wildman–Crippen LogP) is 2.36. The van der Waals surface area contributed by atoms with Crippen molar-refractivity contribution in [2.45, 2.75) is 32.2 Å². The van der Waals surface area contributed by atoms with Gasteiger partial charge in [0, 0.05) is 12.6 Å². The average molecular weight is 327 g/mol. The van der Waals surface area contributed by atoms with Crippen molar-refractivity contribution in [1.82, 2.24) is 5.32 Å². The molecule has 1 aromatic carbocycles. The van der Waals surface area contributed by atoms with Crippen molar-refractivity contribution in [3.05, 3.63) is 29.8 Å². The van der Waals surface area contributed by atoms with Crippen molar-refractivity contribution in [2.24, 2.45) is 5.73 Å². The lowest BCUT2D eigenvalue weighted by molar-refractivity contribution is -0.140. The van der Waals surface area contributed by atoms with E-state index >= 15 is 0 Å². The Hall–Kier alpha value is -1.47. The van der Waals surface area contributed by atoms with E-state index in [0.717, 1.165) is 6.07 Å². The molecule has 0 saturated heterocycles. The molecule has 8 heteroatoms. The second-order valence-corrected chi connectivity index (χ2v) is 4.40. The first-order valence-corrected chi connectivity index (χ1v) is 6.09. The highest BCUT2D eigenvalue weighted by Crippen LogP contribution is 2.36. The first kappa shape index (κ1) is 19.5. The van der Waals surface area contributed by atoms with E-state index in [2.05, 4.69) is 5.32 Å². The van der Waals surface area contributed by atoms with E-state index in [1.165, 1.54) is 25.1 Å². The highest BCUT2D eigenvalue weighted by atomic mass is 35.5. The zero-order chi connectivity index (χ0) is 15.3. The van der Waals surface area contributed by atoms with Crippen molar-refractivity contribution in [1.29, 1.82) is 0 Å². The van der Waals surface area contributed by atoms with E-state index in [9.17, 15) is 18.0 Å². The van der Waals surface area contributed by atoms with Gasteiger partial charge in [-0.1, -0.05) is 12.1 Å². The van der Waals surface area contributed by atoms with Gasteiger partial charge in [0.15, 0.2) is 6.10 Å². The summed E-state index contributed by atoms with van der Waals surface area (Å²) in [5.74, 6) is -0.886. The summed E-state index contributed by atoms with van der Waals surface area (Å²) >= 11 is 0. The van der Waals surface area contributed by atoms with Gasteiger partial charge in [-0.3, -0.25) is 4.79 Å². The number of nitrogens with one attached hydrogen (secondary N) is 1. The molecule has 1 aromatic rings. The van der Waals surface area contributed by atoms with Crippen molar-refractivity contribution < 1.29 is 22.7 Å². The Balaban J connectivity index is 0.00000400. The number of benzene rings is 1. The van der Waals surface area contributed by atoms with Crippen LogP contribution in [0.25, 0.3) is 0 Å². The molecule has 4 nitrogen and oxygen atoms in total. The van der Waals surface area contributed by atoms with Gasteiger partial charge in [-0.05, 0) is 26.0 Å². The molecule has 0 saturated carbocycles. The Morgan fingerprint density at radius 1 is 1.33 bits per heavy atom. The third-order valence-electron chi connectivity index (χ3n) is 2.61. The number of halogens is 4. The summed E-state index contributed by atoms with van der Waals surface area (Å²) in [5.41, 5.74) is 4.44. The summed E-state index contributed by atoms with van der Waals surface area (Å²) in [7, 11) is 0. The van der Waals surface area contributed by atoms with Crippen molar-refractivity contribution >= 4 is 18.3 Å². The first-order chi connectivity index (χ1) is 9.25. The number of para-hydroxylation sites is 1. The second-order valence-electron chi connectivity index (χ2n) is 4.40. The van der Waals surface area contributed by atoms with Gasteiger partial charge in [0.2, 0.25) is 0 Å². The number of alkyl halides is 3. The number of ether oxygens (including phenoxy) is 1. The average Bonchev–Trinajstić information content (AvgIpc) is 2.37. The minimum Gasteiger partial charge on any atom is -0.480 e. The van der Waals surface area contributed by atoms with E-state index in [0.29, 0.717) is 0 Å². The van der Waals surface area contributed by atoms with Crippen LogP contribution in [-0.2, 0) is 11.0 Å². The minimum absolute atomic E-state index is 0. The highest BCUT2D eigenvalue weighted by molar-refractivity contribution is 5.85. The van der Waals surface area contributed by atoms with Crippen LogP contribution >= 0.6 is 12.4 Å². The molecule has 0 heterocycles. The van der Waals surface area contributed by atoms with Gasteiger partial charge in [-0.25, -0.2) is 0 Å². The lowest BCUT2D eigenvalue weighted by Gasteiger charge is -2.20. The number of carbonyl (C=O) groups is 1. The normalized spacial score (nSPS) is 13.8. The van der Waals surface area contributed by atoms with Gasteiger partial charge in [-0.15, -0.1) is 12.4 Å². The third-order valence-corrected chi connectivity index (χ3v) is 2.61. The zero-order valence-corrected chi connectivity index (χ0v) is 12.4. The summed E-state index contributed by atoms with van der Waals surface area (Å²) in [6.07, 6.45) is -5.58. The van der Waals surface area contributed by atoms with Gasteiger partial charge in [-0.2, -0.15) is 13.2 Å². The van der Waals surface area contributed by atoms with E-state index in [-0.39, 0.29) is 30.7 Å². The molecule has 120 valence electrons. The monoisotopic (exact) mass is 326 g/mol. The Morgan fingerprint density at radius 2 is 1.90 bits per heavy atom. The number of nitrogens with two attached hydrogens (primary N) is 1. The lowest BCUT2D eigenvalue weighted by Crippen LogP contribution is -2.44.